The molecule has 0 unspecified atom stereocenters. The summed E-state index contributed by atoms with van der Waals surface area (Å²) in [5.74, 6) is 0.679. The Morgan fingerprint density at radius 3 is 2.44 bits per heavy atom. The Balaban J connectivity index is 1.88. The lowest BCUT2D eigenvalue weighted by molar-refractivity contribution is 0.0947. The topological polar surface area (TPSA) is 119 Å². The quantitative estimate of drug-likeness (QED) is 0.454. The van der Waals surface area contributed by atoms with Crippen molar-refractivity contribution in [2.45, 2.75) is 13.8 Å². The number of ether oxygens (including phenoxy) is 2. The third-order valence-electron chi connectivity index (χ3n) is 4.55. The molecule has 9 heteroatoms. The third-order valence-corrected chi connectivity index (χ3v) is 4.55. The van der Waals surface area contributed by atoms with Gasteiger partial charge >= 0.3 is 0 Å². The number of hydrogen-bond acceptors (Lipinski definition) is 7. The molecular formula is C23H21N5O4. The Morgan fingerprint density at radius 2 is 1.84 bits per heavy atom. The molecule has 1 aromatic heterocycles. The molecule has 0 aliphatic rings. The first-order chi connectivity index (χ1) is 15.5. The molecule has 3 rings (SSSR count). The highest BCUT2D eigenvalue weighted by Gasteiger charge is 2.20. The molecule has 0 spiro atoms. The number of carbonyl (C=O) groups excluding carboxylic acids is 1. The maximum atomic E-state index is 12.7. The van der Waals surface area contributed by atoms with Crippen molar-refractivity contribution in [3.8, 4) is 23.3 Å². The summed E-state index contributed by atoms with van der Waals surface area (Å²) < 4.78 is 11.5. The Kier molecular flexibility index (Phi) is 6.98. The summed E-state index contributed by atoms with van der Waals surface area (Å²) in [6, 6.07) is 15.5. The number of nitrogens with zero attached hydrogens (tertiary/aromatic N) is 4. The highest BCUT2D eigenvalue weighted by Crippen LogP contribution is 2.15. The molecule has 9 nitrogen and oxygen atoms in total. The Bertz CT molecular complexity index is 1240. The van der Waals surface area contributed by atoms with E-state index >= 15 is 0 Å². The van der Waals surface area contributed by atoms with Crippen LogP contribution in [0.4, 0.5) is 0 Å². The first kappa shape index (κ1) is 22.2. The molecule has 0 saturated carbocycles. The molecule has 1 heterocycles. The Hall–Kier alpha value is -4.45. The second kappa shape index (κ2) is 10.0. The number of rotatable bonds is 7. The van der Waals surface area contributed by atoms with Gasteiger partial charge in [0.05, 0.1) is 25.6 Å². The van der Waals surface area contributed by atoms with Gasteiger partial charge in [-0.25, -0.2) is 5.43 Å². The van der Waals surface area contributed by atoms with Gasteiger partial charge in [0.1, 0.15) is 23.1 Å². The van der Waals surface area contributed by atoms with Gasteiger partial charge in [-0.1, -0.05) is 0 Å². The standard InChI is InChI=1S/C23H21N5O4/c1-4-32-19-9-5-16(6-10-19)14-25-26-22(29)21-15(2)20(13-24)23(30)28(27-21)17-7-11-18(31-3)12-8-17/h5-12,14H,4H2,1-3H3,(H,26,29)/b25-14+. The Labute approximate surface area is 184 Å². The minimum absolute atomic E-state index is 0.0826. The van der Waals surface area contributed by atoms with E-state index in [0.717, 1.165) is 16.0 Å². The first-order valence-corrected chi connectivity index (χ1v) is 9.73. The minimum atomic E-state index is -0.650. The van der Waals surface area contributed by atoms with Crippen molar-refractivity contribution < 1.29 is 14.3 Å². The predicted octanol–water partition coefficient (Wildman–Crippen LogP) is 2.58. The summed E-state index contributed by atoms with van der Waals surface area (Å²) in [6.45, 7) is 3.96. The average Bonchev–Trinajstić information content (AvgIpc) is 2.81. The predicted molar refractivity (Wildman–Crippen MR) is 119 cm³/mol. The molecule has 2 aromatic carbocycles. The molecule has 0 fully saturated rings. The lowest BCUT2D eigenvalue weighted by atomic mass is 10.1. The molecule has 0 aliphatic heterocycles. The van der Waals surface area contributed by atoms with Crippen molar-refractivity contribution >= 4 is 12.1 Å². The monoisotopic (exact) mass is 431 g/mol. The highest BCUT2D eigenvalue weighted by atomic mass is 16.5. The largest absolute Gasteiger partial charge is 0.497 e. The number of hydrogen-bond donors (Lipinski definition) is 1. The number of methoxy groups -OCH3 is 1. The molecular weight excluding hydrogens is 410 g/mol. The van der Waals surface area contributed by atoms with Gasteiger partial charge in [-0.2, -0.15) is 20.1 Å². The molecule has 0 aliphatic carbocycles. The molecule has 162 valence electrons. The van der Waals surface area contributed by atoms with E-state index in [9.17, 15) is 14.9 Å². The molecule has 32 heavy (non-hydrogen) atoms. The van der Waals surface area contributed by atoms with Crippen molar-refractivity contribution in [3.05, 3.63) is 81.3 Å². The third kappa shape index (κ3) is 4.82. The molecule has 0 bridgehead atoms. The summed E-state index contributed by atoms with van der Waals surface area (Å²) in [4.78, 5) is 25.4. The zero-order valence-corrected chi connectivity index (χ0v) is 17.8. The number of aromatic nitrogens is 2. The summed E-state index contributed by atoms with van der Waals surface area (Å²) in [5.41, 5.74) is 2.83. The number of carbonyl (C=O) groups is 1. The van der Waals surface area contributed by atoms with E-state index in [1.165, 1.54) is 20.2 Å². The van der Waals surface area contributed by atoms with Gasteiger partial charge in [0.25, 0.3) is 11.5 Å². The number of nitrogens with one attached hydrogen (secondary N) is 1. The highest BCUT2D eigenvalue weighted by molar-refractivity contribution is 5.94. The molecule has 0 saturated heterocycles. The van der Waals surface area contributed by atoms with Crippen LogP contribution in [0.3, 0.4) is 0 Å². The summed E-state index contributed by atoms with van der Waals surface area (Å²) in [7, 11) is 1.52. The summed E-state index contributed by atoms with van der Waals surface area (Å²) >= 11 is 0. The van der Waals surface area contributed by atoms with Gasteiger partial charge in [0, 0.05) is 5.56 Å². The smallest absolute Gasteiger partial charge is 0.292 e. The second-order valence-electron chi connectivity index (χ2n) is 6.58. The fourth-order valence-electron chi connectivity index (χ4n) is 2.89. The summed E-state index contributed by atoms with van der Waals surface area (Å²) in [6.07, 6.45) is 1.47. The molecule has 1 N–H and O–H groups in total. The van der Waals surface area contributed by atoms with E-state index < -0.39 is 11.5 Å². The van der Waals surface area contributed by atoms with E-state index in [0.29, 0.717) is 18.0 Å². The number of nitriles is 1. The van der Waals surface area contributed by atoms with Crippen LogP contribution in [0.1, 0.15) is 34.1 Å². The molecule has 0 radical (unpaired) electrons. The van der Waals surface area contributed by atoms with Crippen molar-refractivity contribution in [3.63, 3.8) is 0 Å². The van der Waals surface area contributed by atoms with Crippen LogP contribution in [0.15, 0.2) is 58.4 Å². The van der Waals surface area contributed by atoms with Crippen LogP contribution in [-0.2, 0) is 0 Å². The minimum Gasteiger partial charge on any atom is -0.497 e. The van der Waals surface area contributed by atoms with Crippen LogP contribution in [0.2, 0.25) is 0 Å². The van der Waals surface area contributed by atoms with Crippen LogP contribution in [0.5, 0.6) is 11.5 Å². The number of hydrazone groups is 1. The molecule has 3 aromatic rings. The van der Waals surface area contributed by atoms with Gasteiger partial charge in [0.2, 0.25) is 0 Å². The van der Waals surface area contributed by atoms with Crippen LogP contribution in [0, 0.1) is 18.3 Å². The lowest BCUT2D eigenvalue weighted by Crippen LogP contribution is -2.31. The number of benzene rings is 2. The maximum Gasteiger partial charge on any atom is 0.292 e. The van der Waals surface area contributed by atoms with Crippen molar-refractivity contribution in [2.24, 2.45) is 5.10 Å². The molecule has 1 amide bonds. The van der Waals surface area contributed by atoms with E-state index in [1.54, 1.807) is 48.5 Å². The second-order valence-corrected chi connectivity index (χ2v) is 6.58. The van der Waals surface area contributed by atoms with Crippen molar-refractivity contribution in [2.75, 3.05) is 13.7 Å². The molecule has 0 atom stereocenters. The van der Waals surface area contributed by atoms with Gasteiger partial charge in [0.15, 0.2) is 5.69 Å². The SMILES string of the molecule is CCOc1ccc(/C=N/NC(=O)c2nn(-c3ccc(OC)cc3)c(=O)c(C#N)c2C)cc1. The average molecular weight is 431 g/mol. The van der Waals surface area contributed by atoms with Crippen LogP contribution >= 0.6 is 0 Å². The van der Waals surface area contributed by atoms with Gasteiger partial charge < -0.3 is 9.47 Å². The van der Waals surface area contributed by atoms with E-state index in [4.69, 9.17) is 9.47 Å². The fourth-order valence-corrected chi connectivity index (χ4v) is 2.89. The number of amides is 1. The van der Waals surface area contributed by atoms with Gasteiger partial charge in [-0.05, 0) is 67.9 Å². The maximum absolute atomic E-state index is 12.7. The van der Waals surface area contributed by atoms with E-state index in [1.807, 2.05) is 13.0 Å². The first-order valence-electron chi connectivity index (χ1n) is 9.73. The van der Waals surface area contributed by atoms with Crippen molar-refractivity contribution in [1.29, 1.82) is 5.26 Å². The zero-order valence-electron chi connectivity index (χ0n) is 17.8. The van der Waals surface area contributed by atoms with Crippen LogP contribution < -0.4 is 20.5 Å². The normalized spacial score (nSPS) is 10.6. The van der Waals surface area contributed by atoms with E-state index in [2.05, 4.69) is 15.6 Å². The van der Waals surface area contributed by atoms with Gasteiger partial charge in [-0.15, -0.1) is 0 Å². The zero-order chi connectivity index (χ0) is 23.1. The van der Waals surface area contributed by atoms with Crippen LogP contribution in [-0.4, -0.2) is 35.6 Å². The van der Waals surface area contributed by atoms with Crippen LogP contribution in [0.25, 0.3) is 5.69 Å². The fraction of sp³-hybridized carbons (Fsp3) is 0.174. The van der Waals surface area contributed by atoms with Gasteiger partial charge in [-0.3, -0.25) is 9.59 Å². The Morgan fingerprint density at radius 1 is 1.19 bits per heavy atom. The lowest BCUT2D eigenvalue weighted by Gasteiger charge is -2.11. The van der Waals surface area contributed by atoms with E-state index in [-0.39, 0.29) is 16.8 Å². The summed E-state index contributed by atoms with van der Waals surface area (Å²) in [5, 5.41) is 17.6. The van der Waals surface area contributed by atoms with Crippen molar-refractivity contribution in [1.82, 2.24) is 15.2 Å².